The summed E-state index contributed by atoms with van der Waals surface area (Å²) in [5.41, 5.74) is 0. The largest absolute Gasteiger partial charge is 0.394 e. The van der Waals surface area contributed by atoms with Crippen molar-refractivity contribution in [2.24, 2.45) is 0 Å². The van der Waals surface area contributed by atoms with Gasteiger partial charge in [0.2, 0.25) is 5.91 Å². The second-order valence-electron chi connectivity index (χ2n) is 18.0. The molecule has 0 saturated carbocycles. The lowest BCUT2D eigenvalue weighted by molar-refractivity contribution is -0.302. The minimum absolute atomic E-state index is 0.179. The Kier molecular flexibility index (Phi) is 39.9. The van der Waals surface area contributed by atoms with Crippen molar-refractivity contribution in [1.82, 2.24) is 5.32 Å². The Bertz CT molecular complexity index is 1050. The number of allylic oxidation sites excluding steroid dienone is 5. The maximum absolute atomic E-state index is 12.9. The molecule has 0 aliphatic carbocycles. The molecule has 1 heterocycles. The highest BCUT2D eigenvalue weighted by Gasteiger charge is 2.44. The standard InChI is InChI=1S/C52H97NO8/c1-3-5-7-9-11-12-13-14-15-16-17-18-19-20-21-22-23-24-25-26-27-28-29-30-31-32-33-34-36-38-40-42-48(56)53-45(46(55)41-39-37-35-10-8-6-4-2)44-60-52-51(59)50(58)49(57)47(43-54)61-52/h13-14,16-17,39,41,45-47,49-52,54-55,57-59H,3-12,15,18-38,40,42-44H2,1-2H3,(H,53,56)/b14-13-,17-16-,41-39+. The fourth-order valence-electron chi connectivity index (χ4n) is 8.07. The molecule has 1 amide bonds. The van der Waals surface area contributed by atoms with Crippen LogP contribution in [0.2, 0.25) is 0 Å². The fourth-order valence-corrected chi connectivity index (χ4v) is 8.07. The normalized spacial score (nSPS) is 20.7. The molecule has 7 unspecified atom stereocenters. The molecule has 0 aromatic heterocycles. The minimum atomic E-state index is -1.56. The summed E-state index contributed by atoms with van der Waals surface area (Å²) < 4.78 is 11.2. The Balaban J connectivity index is 2.06. The van der Waals surface area contributed by atoms with E-state index in [2.05, 4.69) is 43.5 Å². The Morgan fingerprint density at radius 1 is 0.557 bits per heavy atom. The number of ether oxygens (including phenoxy) is 2. The van der Waals surface area contributed by atoms with Crippen molar-refractivity contribution in [2.45, 2.75) is 275 Å². The van der Waals surface area contributed by atoms with Gasteiger partial charge in [-0.05, 0) is 51.4 Å². The van der Waals surface area contributed by atoms with Crippen LogP contribution >= 0.6 is 0 Å². The van der Waals surface area contributed by atoms with E-state index in [1.807, 2.05) is 6.08 Å². The van der Waals surface area contributed by atoms with Gasteiger partial charge in [-0.15, -0.1) is 0 Å². The molecular formula is C52H97NO8. The van der Waals surface area contributed by atoms with Gasteiger partial charge in [0.15, 0.2) is 6.29 Å². The molecule has 0 spiro atoms. The monoisotopic (exact) mass is 864 g/mol. The van der Waals surface area contributed by atoms with Crippen LogP contribution in [0.4, 0.5) is 0 Å². The Hall–Kier alpha value is -1.59. The highest BCUT2D eigenvalue weighted by molar-refractivity contribution is 5.76. The molecule has 61 heavy (non-hydrogen) atoms. The molecule has 1 saturated heterocycles. The first-order valence-electron chi connectivity index (χ1n) is 25.7. The molecule has 358 valence electrons. The molecule has 1 rings (SSSR count). The van der Waals surface area contributed by atoms with Gasteiger partial charge in [-0.3, -0.25) is 4.79 Å². The summed E-state index contributed by atoms with van der Waals surface area (Å²) >= 11 is 0. The van der Waals surface area contributed by atoms with Crippen LogP contribution in [0.5, 0.6) is 0 Å². The predicted octanol–water partition coefficient (Wildman–Crippen LogP) is 11.6. The van der Waals surface area contributed by atoms with Gasteiger partial charge >= 0.3 is 0 Å². The number of nitrogens with one attached hydrogen (secondary N) is 1. The number of hydrogen-bond acceptors (Lipinski definition) is 8. The summed E-state index contributed by atoms with van der Waals surface area (Å²) in [7, 11) is 0. The molecule has 1 aliphatic rings. The van der Waals surface area contributed by atoms with Crippen molar-refractivity contribution in [3.05, 3.63) is 36.5 Å². The van der Waals surface area contributed by atoms with Crippen LogP contribution in [0.1, 0.15) is 232 Å². The van der Waals surface area contributed by atoms with Crippen molar-refractivity contribution in [1.29, 1.82) is 0 Å². The van der Waals surface area contributed by atoms with E-state index in [-0.39, 0.29) is 12.5 Å². The lowest BCUT2D eigenvalue weighted by Crippen LogP contribution is -2.60. The third-order valence-electron chi connectivity index (χ3n) is 12.2. The summed E-state index contributed by atoms with van der Waals surface area (Å²) in [5.74, 6) is -0.179. The zero-order chi connectivity index (χ0) is 44.4. The maximum Gasteiger partial charge on any atom is 0.220 e. The van der Waals surface area contributed by atoms with Gasteiger partial charge in [-0.1, -0.05) is 211 Å². The Morgan fingerprint density at radius 3 is 1.41 bits per heavy atom. The van der Waals surface area contributed by atoms with Crippen molar-refractivity contribution in [3.63, 3.8) is 0 Å². The van der Waals surface area contributed by atoms with Crippen LogP contribution in [-0.2, 0) is 14.3 Å². The predicted molar refractivity (Wildman–Crippen MR) is 253 cm³/mol. The molecule has 0 radical (unpaired) electrons. The van der Waals surface area contributed by atoms with Crippen molar-refractivity contribution in [3.8, 4) is 0 Å². The summed E-state index contributed by atoms with van der Waals surface area (Å²) in [6.07, 6.45) is 46.7. The third-order valence-corrected chi connectivity index (χ3v) is 12.2. The van der Waals surface area contributed by atoms with Crippen LogP contribution in [0.25, 0.3) is 0 Å². The maximum atomic E-state index is 12.9. The molecule has 9 heteroatoms. The van der Waals surface area contributed by atoms with Gasteiger partial charge in [0, 0.05) is 6.42 Å². The first kappa shape index (κ1) is 57.4. The number of carbonyl (C=O) groups excluding carboxylic acids is 1. The summed E-state index contributed by atoms with van der Waals surface area (Å²) in [5, 5.41) is 54.0. The van der Waals surface area contributed by atoms with Crippen LogP contribution < -0.4 is 5.32 Å². The molecule has 0 bridgehead atoms. The fraction of sp³-hybridized carbons (Fsp3) is 0.865. The zero-order valence-electron chi connectivity index (χ0n) is 39.4. The van der Waals surface area contributed by atoms with Crippen molar-refractivity contribution >= 4 is 5.91 Å². The molecule has 6 N–H and O–H groups in total. The number of amides is 1. The number of unbranched alkanes of at least 4 members (excludes halogenated alkanes) is 29. The van der Waals surface area contributed by atoms with E-state index in [4.69, 9.17) is 9.47 Å². The van der Waals surface area contributed by atoms with Crippen LogP contribution in [0.15, 0.2) is 36.5 Å². The molecule has 1 aliphatic heterocycles. The quantitative estimate of drug-likeness (QED) is 0.0262. The number of aliphatic hydroxyl groups excluding tert-OH is 5. The first-order chi connectivity index (χ1) is 29.8. The smallest absolute Gasteiger partial charge is 0.220 e. The van der Waals surface area contributed by atoms with E-state index < -0.39 is 49.5 Å². The lowest BCUT2D eigenvalue weighted by atomic mass is 9.99. The average Bonchev–Trinajstić information content (AvgIpc) is 3.26. The average molecular weight is 864 g/mol. The number of rotatable bonds is 43. The van der Waals surface area contributed by atoms with E-state index >= 15 is 0 Å². The SMILES string of the molecule is CCCCCCC/C=C\C/C=C\CCCCCCCCCCCCCCCCCCCCCC(=O)NC(COC1OC(CO)C(O)C(O)C1O)C(O)/C=C/CCCCCCC. The van der Waals surface area contributed by atoms with Crippen molar-refractivity contribution in [2.75, 3.05) is 13.2 Å². The van der Waals surface area contributed by atoms with Crippen molar-refractivity contribution < 1.29 is 39.8 Å². The van der Waals surface area contributed by atoms with E-state index in [1.165, 1.54) is 167 Å². The van der Waals surface area contributed by atoms with Gasteiger partial charge < -0.3 is 40.3 Å². The van der Waals surface area contributed by atoms with Crippen LogP contribution in [0.3, 0.4) is 0 Å². The molecule has 1 fully saturated rings. The lowest BCUT2D eigenvalue weighted by Gasteiger charge is -2.40. The van der Waals surface area contributed by atoms with E-state index in [0.29, 0.717) is 6.42 Å². The van der Waals surface area contributed by atoms with Gasteiger partial charge in [-0.25, -0.2) is 0 Å². The van der Waals surface area contributed by atoms with Gasteiger partial charge in [-0.2, -0.15) is 0 Å². The summed E-state index contributed by atoms with van der Waals surface area (Å²) in [6, 6.07) is -0.799. The molecule has 7 atom stereocenters. The van der Waals surface area contributed by atoms with Gasteiger partial charge in [0.05, 0.1) is 25.4 Å². The first-order valence-corrected chi connectivity index (χ1v) is 25.7. The Morgan fingerprint density at radius 2 is 0.967 bits per heavy atom. The van der Waals surface area contributed by atoms with E-state index in [1.54, 1.807) is 6.08 Å². The van der Waals surface area contributed by atoms with Gasteiger partial charge in [0.1, 0.15) is 24.4 Å². The molecule has 9 nitrogen and oxygen atoms in total. The molecule has 0 aromatic rings. The highest BCUT2D eigenvalue weighted by Crippen LogP contribution is 2.23. The second-order valence-corrected chi connectivity index (χ2v) is 18.0. The number of carbonyl (C=O) groups is 1. The van der Waals surface area contributed by atoms with Gasteiger partial charge in [0.25, 0.3) is 0 Å². The molecule has 0 aromatic carbocycles. The highest BCUT2D eigenvalue weighted by atomic mass is 16.7. The summed E-state index contributed by atoms with van der Waals surface area (Å²) in [4.78, 5) is 12.9. The minimum Gasteiger partial charge on any atom is -0.394 e. The van der Waals surface area contributed by atoms with Crippen LogP contribution in [-0.4, -0.2) is 87.5 Å². The number of aliphatic hydroxyl groups is 5. The molecular weight excluding hydrogens is 767 g/mol. The Labute approximate surface area is 374 Å². The van der Waals surface area contributed by atoms with Crippen LogP contribution in [0, 0.1) is 0 Å². The number of hydrogen-bond donors (Lipinski definition) is 6. The third kappa shape index (κ3) is 32.7. The topological polar surface area (TPSA) is 149 Å². The second kappa shape index (κ2) is 42.4. The summed E-state index contributed by atoms with van der Waals surface area (Å²) in [6.45, 7) is 3.71. The van der Waals surface area contributed by atoms with E-state index in [0.717, 1.165) is 44.9 Å². The van der Waals surface area contributed by atoms with E-state index in [9.17, 15) is 30.3 Å². The zero-order valence-corrected chi connectivity index (χ0v) is 39.4.